The Morgan fingerprint density at radius 1 is 1.13 bits per heavy atom. The van der Waals surface area contributed by atoms with E-state index in [2.05, 4.69) is 15.9 Å². The van der Waals surface area contributed by atoms with Crippen molar-refractivity contribution < 1.29 is 19.0 Å². The number of hydrogen-bond donors (Lipinski definition) is 2. The Morgan fingerprint density at radius 3 is 2.13 bits per heavy atom. The summed E-state index contributed by atoms with van der Waals surface area (Å²) in [7, 11) is 0. The van der Waals surface area contributed by atoms with Crippen LogP contribution in [-0.4, -0.2) is 21.6 Å². The number of aliphatic hydroxyl groups is 2. The summed E-state index contributed by atoms with van der Waals surface area (Å²) < 4.78 is 25.1. The summed E-state index contributed by atoms with van der Waals surface area (Å²) in [6.07, 6.45) is -5.04. The van der Waals surface area contributed by atoms with E-state index in [9.17, 15) is 19.0 Å². The third-order valence-electron chi connectivity index (χ3n) is 2.07. The van der Waals surface area contributed by atoms with Crippen molar-refractivity contribution >= 4 is 15.9 Å². The fraction of sp³-hybridized carbons (Fsp3) is 0.400. The molecule has 0 radical (unpaired) electrons. The van der Waals surface area contributed by atoms with Gasteiger partial charge in [0.25, 0.3) is 6.43 Å². The highest BCUT2D eigenvalue weighted by Crippen LogP contribution is 2.29. The van der Waals surface area contributed by atoms with E-state index >= 15 is 0 Å². The summed E-state index contributed by atoms with van der Waals surface area (Å²) in [6.45, 7) is 0. The fourth-order valence-corrected chi connectivity index (χ4v) is 1.62. The van der Waals surface area contributed by atoms with Crippen molar-refractivity contribution in [3.63, 3.8) is 0 Å². The first-order valence-corrected chi connectivity index (χ1v) is 5.49. The first-order chi connectivity index (χ1) is 7.07. The monoisotopic (exact) mass is 280 g/mol. The molecule has 2 unspecified atom stereocenters. The van der Waals surface area contributed by atoms with Gasteiger partial charge in [-0.3, -0.25) is 0 Å². The van der Waals surface area contributed by atoms with Crippen LogP contribution in [0.2, 0.25) is 0 Å². The lowest BCUT2D eigenvalue weighted by atomic mass is 9.99. The van der Waals surface area contributed by atoms with Crippen LogP contribution in [0.5, 0.6) is 0 Å². The number of alkyl halides is 3. The largest absolute Gasteiger partial charge is 0.389 e. The van der Waals surface area contributed by atoms with Crippen LogP contribution in [0, 0.1) is 0 Å². The summed E-state index contributed by atoms with van der Waals surface area (Å²) in [5, 5.41) is 19.1. The van der Waals surface area contributed by atoms with Crippen molar-refractivity contribution in [1.82, 2.24) is 0 Å². The Hall–Kier alpha value is -0.520. The zero-order valence-corrected chi connectivity index (χ0v) is 9.36. The van der Waals surface area contributed by atoms with E-state index in [0.717, 1.165) is 0 Å². The minimum atomic E-state index is -2.65. The van der Waals surface area contributed by atoms with Gasteiger partial charge in [0, 0.05) is 10.9 Å². The van der Waals surface area contributed by atoms with Gasteiger partial charge in [0.2, 0.25) is 0 Å². The quantitative estimate of drug-likeness (QED) is 0.832. The normalized spacial score (nSPS) is 15.3. The van der Waals surface area contributed by atoms with Crippen LogP contribution in [0.3, 0.4) is 0 Å². The van der Waals surface area contributed by atoms with Gasteiger partial charge < -0.3 is 10.2 Å². The fourth-order valence-electron chi connectivity index (χ4n) is 1.27. The number of halogens is 3. The predicted octanol–water partition coefficient (Wildman–Crippen LogP) is 2.41. The van der Waals surface area contributed by atoms with E-state index in [1.165, 1.54) is 18.2 Å². The molecule has 0 bridgehead atoms. The van der Waals surface area contributed by atoms with Crippen molar-refractivity contribution in [2.75, 3.05) is 5.33 Å². The SMILES string of the molecule is OC(CBr)C(O)c1ccccc1C(F)F. The smallest absolute Gasteiger partial charge is 0.264 e. The molecule has 0 aliphatic rings. The van der Waals surface area contributed by atoms with Crippen LogP contribution < -0.4 is 0 Å². The van der Waals surface area contributed by atoms with E-state index in [4.69, 9.17) is 0 Å². The average Bonchev–Trinajstić information content (AvgIpc) is 2.27. The van der Waals surface area contributed by atoms with Crippen LogP contribution in [0.15, 0.2) is 24.3 Å². The summed E-state index contributed by atoms with van der Waals surface area (Å²) in [5.41, 5.74) is -0.176. The maximum atomic E-state index is 12.6. The molecule has 1 rings (SSSR count). The molecule has 0 spiro atoms. The van der Waals surface area contributed by atoms with E-state index in [0.29, 0.717) is 0 Å². The Labute approximate surface area is 94.7 Å². The molecule has 0 fully saturated rings. The Balaban J connectivity index is 3.02. The van der Waals surface area contributed by atoms with E-state index in [1.807, 2.05) is 0 Å². The molecule has 0 aliphatic carbocycles. The predicted molar refractivity (Wildman–Crippen MR) is 56.2 cm³/mol. The maximum absolute atomic E-state index is 12.6. The minimum absolute atomic E-state index is 0.0689. The van der Waals surface area contributed by atoms with Crippen LogP contribution in [0.4, 0.5) is 8.78 Å². The van der Waals surface area contributed by atoms with Gasteiger partial charge in [0.1, 0.15) is 6.10 Å². The molecule has 1 aromatic carbocycles. The van der Waals surface area contributed by atoms with Crippen molar-refractivity contribution in [2.45, 2.75) is 18.6 Å². The molecule has 2 atom stereocenters. The zero-order valence-electron chi connectivity index (χ0n) is 7.78. The molecule has 1 aromatic rings. The molecular formula is C10H11BrF2O2. The lowest BCUT2D eigenvalue weighted by molar-refractivity contribution is 0.0310. The van der Waals surface area contributed by atoms with Crippen molar-refractivity contribution in [3.8, 4) is 0 Å². The van der Waals surface area contributed by atoms with Gasteiger partial charge >= 0.3 is 0 Å². The second-order valence-electron chi connectivity index (χ2n) is 3.10. The Bertz CT molecular complexity index is 320. The highest BCUT2D eigenvalue weighted by Gasteiger charge is 2.23. The topological polar surface area (TPSA) is 40.5 Å². The second kappa shape index (κ2) is 5.53. The Morgan fingerprint density at radius 2 is 1.67 bits per heavy atom. The molecule has 2 nitrogen and oxygen atoms in total. The van der Waals surface area contributed by atoms with Crippen molar-refractivity contribution in [3.05, 3.63) is 35.4 Å². The summed E-state index contributed by atoms with van der Waals surface area (Å²) >= 11 is 2.98. The second-order valence-corrected chi connectivity index (χ2v) is 3.74. The van der Waals surface area contributed by atoms with Gasteiger partial charge in [-0.15, -0.1) is 0 Å². The van der Waals surface area contributed by atoms with Gasteiger partial charge in [0.15, 0.2) is 0 Å². The molecule has 15 heavy (non-hydrogen) atoms. The third-order valence-corrected chi connectivity index (χ3v) is 2.74. The van der Waals surface area contributed by atoms with Gasteiger partial charge in [-0.05, 0) is 5.56 Å². The lowest BCUT2D eigenvalue weighted by Crippen LogP contribution is -2.20. The molecule has 0 saturated heterocycles. The standard InChI is InChI=1S/C10H11BrF2O2/c11-5-8(14)9(15)6-3-1-2-4-7(6)10(12)13/h1-4,8-10,14-15H,5H2. The van der Waals surface area contributed by atoms with Crippen molar-refractivity contribution in [1.29, 1.82) is 0 Å². The molecule has 0 saturated carbocycles. The van der Waals surface area contributed by atoms with Gasteiger partial charge in [-0.2, -0.15) is 0 Å². The van der Waals surface area contributed by atoms with E-state index in [-0.39, 0.29) is 16.5 Å². The molecule has 0 aliphatic heterocycles. The third kappa shape index (κ3) is 2.96. The highest BCUT2D eigenvalue weighted by molar-refractivity contribution is 9.09. The van der Waals surface area contributed by atoms with Crippen LogP contribution in [0.1, 0.15) is 23.7 Å². The molecule has 2 N–H and O–H groups in total. The van der Waals surface area contributed by atoms with Gasteiger partial charge in [0.05, 0.1) is 6.10 Å². The molecular weight excluding hydrogens is 270 g/mol. The Kier molecular flexibility index (Phi) is 4.63. The number of aliphatic hydroxyl groups excluding tert-OH is 2. The summed E-state index contributed by atoms with van der Waals surface area (Å²) in [6, 6.07) is 5.64. The lowest BCUT2D eigenvalue weighted by Gasteiger charge is -2.18. The molecule has 0 aromatic heterocycles. The number of benzene rings is 1. The first kappa shape index (κ1) is 12.5. The van der Waals surface area contributed by atoms with E-state index < -0.39 is 18.6 Å². The summed E-state index contributed by atoms with van der Waals surface area (Å²) in [4.78, 5) is 0. The number of rotatable bonds is 4. The first-order valence-electron chi connectivity index (χ1n) is 4.37. The maximum Gasteiger partial charge on any atom is 0.264 e. The van der Waals surface area contributed by atoms with Crippen LogP contribution >= 0.6 is 15.9 Å². The zero-order chi connectivity index (χ0) is 11.4. The molecule has 0 heterocycles. The molecule has 0 amide bonds. The minimum Gasteiger partial charge on any atom is -0.389 e. The van der Waals surface area contributed by atoms with Crippen LogP contribution in [0.25, 0.3) is 0 Å². The van der Waals surface area contributed by atoms with Gasteiger partial charge in [-0.25, -0.2) is 8.78 Å². The summed E-state index contributed by atoms with van der Waals surface area (Å²) in [5.74, 6) is 0. The molecule has 5 heteroatoms. The highest BCUT2D eigenvalue weighted by atomic mass is 79.9. The van der Waals surface area contributed by atoms with Crippen molar-refractivity contribution in [2.24, 2.45) is 0 Å². The number of hydrogen-bond acceptors (Lipinski definition) is 2. The van der Waals surface area contributed by atoms with Crippen LogP contribution in [-0.2, 0) is 0 Å². The van der Waals surface area contributed by atoms with Gasteiger partial charge in [-0.1, -0.05) is 40.2 Å². The molecule has 84 valence electrons. The van der Waals surface area contributed by atoms with E-state index in [1.54, 1.807) is 6.07 Å². The average molecular weight is 281 g/mol.